The topological polar surface area (TPSA) is 62.4 Å². The van der Waals surface area contributed by atoms with Gasteiger partial charge in [0.25, 0.3) is 5.91 Å². The van der Waals surface area contributed by atoms with Crippen molar-refractivity contribution in [2.24, 2.45) is 0 Å². The molecule has 0 spiro atoms. The van der Waals surface area contributed by atoms with Gasteiger partial charge in [0.2, 0.25) is 0 Å². The molecule has 0 aromatic heterocycles. The lowest BCUT2D eigenvalue weighted by molar-refractivity contribution is -0.113. The highest BCUT2D eigenvalue weighted by Gasteiger charge is 2.33. The summed E-state index contributed by atoms with van der Waals surface area (Å²) in [5, 5.41) is 8.51. The maximum Gasteiger partial charge on any atom is 0.255 e. The summed E-state index contributed by atoms with van der Waals surface area (Å²) in [6.45, 7) is 1.62. The van der Waals surface area contributed by atoms with Crippen molar-refractivity contribution >= 4 is 28.9 Å². The number of benzene rings is 2. The van der Waals surface area contributed by atoms with E-state index in [9.17, 15) is 13.6 Å². The van der Waals surface area contributed by atoms with Crippen LogP contribution in [0.25, 0.3) is 0 Å². The first-order chi connectivity index (χ1) is 12.9. The van der Waals surface area contributed by atoms with Gasteiger partial charge in [0.15, 0.2) is 5.11 Å². The van der Waals surface area contributed by atoms with Crippen molar-refractivity contribution in [2.75, 3.05) is 12.4 Å². The number of nitrogens with one attached hydrogen (secondary N) is 3. The summed E-state index contributed by atoms with van der Waals surface area (Å²) >= 11 is 5.10. The first-order valence-corrected chi connectivity index (χ1v) is 8.49. The van der Waals surface area contributed by atoms with E-state index in [1.807, 2.05) is 0 Å². The summed E-state index contributed by atoms with van der Waals surface area (Å²) in [7, 11) is 1.48. The van der Waals surface area contributed by atoms with Gasteiger partial charge in [-0.05, 0) is 43.4 Å². The van der Waals surface area contributed by atoms with Gasteiger partial charge in [-0.1, -0.05) is 18.2 Å². The molecule has 5 nitrogen and oxygen atoms in total. The van der Waals surface area contributed by atoms with E-state index in [4.69, 9.17) is 17.0 Å². The van der Waals surface area contributed by atoms with Gasteiger partial charge in [-0.2, -0.15) is 0 Å². The highest BCUT2D eigenvalue weighted by molar-refractivity contribution is 7.80. The van der Waals surface area contributed by atoms with Gasteiger partial charge in [-0.15, -0.1) is 0 Å². The number of carbonyl (C=O) groups excluding carboxylic acids is 1. The van der Waals surface area contributed by atoms with Crippen LogP contribution in [-0.2, 0) is 4.79 Å². The van der Waals surface area contributed by atoms with Crippen LogP contribution in [0.5, 0.6) is 5.75 Å². The second-order valence-electron chi connectivity index (χ2n) is 5.86. The Labute approximate surface area is 160 Å². The zero-order valence-corrected chi connectivity index (χ0v) is 15.4. The molecule has 27 heavy (non-hydrogen) atoms. The number of para-hydroxylation sites is 2. The highest BCUT2D eigenvalue weighted by atomic mass is 32.1. The maximum absolute atomic E-state index is 14.4. The molecule has 0 unspecified atom stereocenters. The molecule has 2 aromatic rings. The summed E-state index contributed by atoms with van der Waals surface area (Å²) in [4.78, 5) is 13.0. The van der Waals surface area contributed by atoms with Crippen molar-refractivity contribution in [3.05, 3.63) is 70.9 Å². The van der Waals surface area contributed by atoms with E-state index >= 15 is 0 Å². The normalized spacial score (nSPS) is 16.4. The molecular formula is C19H17F2N3O2S. The third-order valence-electron chi connectivity index (χ3n) is 4.16. The number of allylic oxidation sites excluding steroid dienone is 1. The Morgan fingerprint density at radius 1 is 1.15 bits per heavy atom. The van der Waals surface area contributed by atoms with Crippen LogP contribution in [0.1, 0.15) is 18.5 Å². The van der Waals surface area contributed by atoms with Gasteiger partial charge < -0.3 is 20.7 Å². The summed E-state index contributed by atoms with van der Waals surface area (Å²) in [6.07, 6.45) is 0. The van der Waals surface area contributed by atoms with Crippen LogP contribution >= 0.6 is 12.2 Å². The second kappa shape index (κ2) is 7.71. The molecule has 1 amide bonds. The number of thiocarbonyl (C=S) groups is 1. The zero-order chi connectivity index (χ0) is 19.6. The van der Waals surface area contributed by atoms with Gasteiger partial charge >= 0.3 is 0 Å². The molecule has 1 atom stereocenters. The van der Waals surface area contributed by atoms with Gasteiger partial charge in [0.1, 0.15) is 17.4 Å². The molecule has 8 heteroatoms. The lowest BCUT2D eigenvalue weighted by Gasteiger charge is -2.30. The molecule has 0 bridgehead atoms. The van der Waals surface area contributed by atoms with E-state index in [1.165, 1.54) is 13.2 Å². The van der Waals surface area contributed by atoms with Crippen LogP contribution in [0.4, 0.5) is 14.5 Å². The van der Waals surface area contributed by atoms with E-state index in [0.29, 0.717) is 17.1 Å². The molecule has 0 aliphatic carbocycles. The molecule has 3 N–H and O–H groups in total. The average Bonchev–Trinajstić information content (AvgIpc) is 2.61. The Morgan fingerprint density at radius 2 is 1.81 bits per heavy atom. The molecule has 3 rings (SSSR count). The van der Waals surface area contributed by atoms with Crippen LogP contribution in [0.2, 0.25) is 0 Å². The number of hydrogen-bond donors (Lipinski definition) is 3. The third-order valence-corrected chi connectivity index (χ3v) is 4.38. The van der Waals surface area contributed by atoms with E-state index in [1.54, 1.807) is 31.2 Å². The molecular weight excluding hydrogens is 372 g/mol. The van der Waals surface area contributed by atoms with Crippen LogP contribution in [0.3, 0.4) is 0 Å². The van der Waals surface area contributed by atoms with Gasteiger partial charge in [0, 0.05) is 5.70 Å². The Bertz CT molecular complexity index is 926. The first kappa shape index (κ1) is 18.8. The van der Waals surface area contributed by atoms with E-state index in [0.717, 1.165) is 12.1 Å². The lowest BCUT2D eigenvalue weighted by atomic mass is 9.94. The van der Waals surface area contributed by atoms with Crippen molar-refractivity contribution in [3.63, 3.8) is 0 Å². The molecule has 0 radical (unpaired) electrons. The minimum Gasteiger partial charge on any atom is -0.495 e. The fourth-order valence-electron chi connectivity index (χ4n) is 2.94. The predicted molar refractivity (Wildman–Crippen MR) is 102 cm³/mol. The predicted octanol–water partition coefficient (Wildman–Crippen LogP) is 3.40. The fraction of sp³-hybridized carbons (Fsp3) is 0.158. The number of halogens is 2. The summed E-state index contributed by atoms with van der Waals surface area (Å²) in [6, 6.07) is 9.32. The number of rotatable bonds is 4. The molecule has 140 valence electrons. The Morgan fingerprint density at radius 3 is 2.48 bits per heavy atom. The largest absolute Gasteiger partial charge is 0.495 e. The van der Waals surface area contributed by atoms with Crippen LogP contribution in [0.15, 0.2) is 53.7 Å². The van der Waals surface area contributed by atoms with Crippen LogP contribution in [-0.4, -0.2) is 18.1 Å². The van der Waals surface area contributed by atoms with E-state index in [-0.39, 0.29) is 16.2 Å². The van der Waals surface area contributed by atoms with Gasteiger partial charge in [-0.25, -0.2) is 8.78 Å². The highest BCUT2D eigenvalue weighted by Crippen LogP contribution is 2.32. The van der Waals surface area contributed by atoms with Crippen molar-refractivity contribution in [2.45, 2.75) is 13.0 Å². The minimum atomic E-state index is -1.07. The molecule has 0 saturated carbocycles. The minimum absolute atomic E-state index is 0.124. The molecule has 1 aliphatic rings. The number of amides is 1. The number of ether oxygens (including phenoxy) is 1. The average molecular weight is 389 g/mol. The van der Waals surface area contributed by atoms with Crippen molar-refractivity contribution < 1.29 is 18.3 Å². The lowest BCUT2D eigenvalue weighted by Crippen LogP contribution is -2.46. The van der Waals surface area contributed by atoms with Gasteiger partial charge in [-0.3, -0.25) is 4.79 Å². The second-order valence-corrected chi connectivity index (χ2v) is 6.27. The van der Waals surface area contributed by atoms with Crippen LogP contribution in [0, 0.1) is 11.6 Å². The quantitative estimate of drug-likeness (QED) is 0.700. The summed E-state index contributed by atoms with van der Waals surface area (Å²) < 4.78 is 33.9. The maximum atomic E-state index is 14.4. The smallest absolute Gasteiger partial charge is 0.255 e. The molecule has 1 aliphatic heterocycles. The Hall–Kier alpha value is -3.00. The van der Waals surface area contributed by atoms with E-state index < -0.39 is 23.6 Å². The van der Waals surface area contributed by atoms with Crippen molar-refractivity contribution in [3.8, 4) is 5.75 Å². The SMILES string of the molecule is COc1ccccc1NC(=O)C1=C(C)NC(=S)N[C@@H]1c1c(F)cccc1F. The molecule has 2 aromatic carbocycles. The number of carbonyl (C=O) groups is 1. The fourth-order valence-corrected chi connectivity index (χ4v) is 3.21. The van der Waals surface area contributed by atoms with Gasteiger partial charge in [0.05, 0.1) is 30.0 Å². The molecule has 1 heterocycles. The number of hydrogen-bond acceptors (Lipinski definition) is 3. The summed E-state index contributed by atoms with van der Waals surface area (Å²) in [5.74, 6) is -1.61. The van der Waals surface area contributed by atoms with Crippen molar-refractivity contribution in [1.29, 1.82) is 0 Å². The number of anilines is 1. The van der Waals surface area contributed by atoms with Crippen LogP contribution < -0.4 is 20.7 Å². The molecule has 0 fully saturated rings. The van der Waals surface area contributed by atoms with Crippen molar-refractivity contribution in [1.82, 2.24) is 10.6 Å². The Balaban J connectivity index is 2.03. The number of methoxy groups -OCH3 is 1. The first-order valence-electron chi connectivity index (χ1n) is 8.09. The molecule has 0 saturated heterocycles. The standard InChI is InChI=1S/C19H17F2N3O2S/c1-10-15(18(25)23-13-8-3-4-9-14(13)26-2)17(24-19(27)22-10)16-11(20)6-5-7-12(16)21/h3-9,17H,1-2H3,(H,23,25)(H2,22,24,27)/t17-/m0/s1. The zero-order valence-electron chi connectivity index (χ0n) is 14.6. The monoisotopic (exact) mass is 389 g/mol. The van der Waals surface area contributed by atoms with E-state index in [2.05, 4.69) is 16.0 Å². The Kier molecular flexibility index (Phi) is 5.36. The summed E-state index contributed by atoms with van der Waals surface area (Å²) in [5.41, 5.74) is 0.689. The third kappa shape index (κ3) is 3.75.